The van der Waals surface area contributed by atoms with Crippen molar-refractivity contribution >= 4 is 16.1 Å². The number of carbonyl (C=O) groups is 1. The number of rotatable bonds is 13. The fourth-order valence-electron chi connectivity index (χ4n) is 2.98. The van der Waals surface area contributed by atoms with Gasteiger partial charge in [-0.1, -0.05) is 13.8 Å². The van der Waals surface area contributed by atoms with Gasteiger partial charge in [0, 0.05) is 50.8 Å². The van der Waals surface area contributed by atoms with Crippen LogP contribution in [0.15, 0.2) is 23.6 Å². The van der Waals surface area contributed by atoms with Crippen LogP contribution in [0, 0.1) is 5.41 Å². The van der Waals surface area contributed by atoms with Gasteiger partial charge in [-0.2, -0.15) is 8.42 Å². The van der Waals surface area contributed by atoms with Gasteiger partial charge in [-0.25, -0.2) is 4.72 Å². The first-order valence-electron chi connectivity index (χ1n) is 9.79. The van der Waals surface area contributed by atoms with E-state index < -0.39 is 10.2 Å². The van der Waals surface area contributed by atoms with E-state index in [4.69, 9.17) is 10.5 Å². The number of nitrogens with zero attached hydrogens (tertiary/aromatic N) is 1. The van der Waals surface area contributed by atoms with Gasteiger partial charge in [0.15, 0.2) is 0 Å². The van der Waals surface area contributed by atoms with Crippen molar-refractivity contribution in [3.8, 4) is 0 Å². The third kappa shape index (κ3) is 7.44. The van der Waals surface area contributed by atoms with E-state index in [2.05, 4.69) is 16.4 Å². The van der Waals surface area contributed by atoms with Gasteiger partial charge in [-0.15, -0.1) is 0 Å². The third-order valence-corrected chi connectivity index (χ3v) is 6.09. The molecular formula is C19H36N4O4S. The van der Waals surface area contributed by atoms with Crippen molar-refractivity contribution in [3.63, 3.8) is 0 Å². The van der Waals surface area contributed by atoms with E-state index in [1.165, 1.54) is 13.2 Å². The molecule has 162 valence electrons. The predicted molar refractivity (Wildman–Crippen MR) is 111 cm³/mol. The van der Waals surface area contributed by atoms with Gasteiger partial charge >= 0.3 is 0 Å². The Hall–Kier alpha value is -1.58. The minimum atomic E-state index is -3.58. The summed E-state index contributed by atoms with van der Waals surface area (Å²) < 4.78 is 33.7. The van der Waals surface area contributed by atoms with Gasteiger partial charge in [0.2, 0.25) is 5.91 Å². The second-order valence-electron chi connectivity index (χ2n) is 7.49. The molecule has 1 saturated carbocycles. The van der Waals surface area contributed by atoms with Gasteiger partial charge in [-0.05, 0) is 38.7 Å². The number of carbonyl (C=O) groups excluding carboxylic acids is 1. The molecule has 1 aliphatic rings. The number of nitrogens with two attached hydrogens (primary N) is 1. The first-order valence-corrected chi connectivity index (χ1v) is 11.3. The maximum Gasteiger partial charge on any atom is 0.298 e. The lowest BCUT2D eigenvalue weighted by Gasteiger charge is -2.19. The highest BCUT2D eigenvalue weighted by Crippen LogP contribution is 2.52. The Morgan fingerprint density at radius 2 is 2.11 bits per heavy atom. The molecule has 28 heavy (non-hydrogen) atoms. The lowest BCUT2D eigenvalue weighted by molar-refractivity contribution is -0.130. The minimum absolute atomic E-state index is 0.0613. The minimum Gasteiger partial charge on any atom is -0.490 e. The maximum absolute atomic E-state index is 11.8. The number of hydrogen-bond donors (Lipinski definition) is 3. The summed E-state index contributed by atoms with van der Waals surface area (Å²) in [6.45, 7) is 6.91. The average Bonchev–Trinajstić information content (AvgIpc) is 3.30. The summed E-state index contributed by atoms with van der Waals surface area (Å²) in [5.74, 6) is 0.777. The SMILES string of the molecule is C/C=C(O[C@@H]1CC1(C)CCCN(C)C(=O)CCC)\C(=C\NS(=O)(=O)NC)CN. The lowest BCUT2D eigenvalue weighted by atomic mass is 10.0. The monoisotopic (exact) mass is 416 g/mol. The van der Waals surface area contributed by atoms with Crippen molar-refractivity contribution < 1.29 is 17.9 Å². The number of allylic oxidation sites excluding steroid dienone is 1. The van der Waals surface area contributed by atoms with E-state index in [0.29, 0.717) is 17.8 Å². The van der Waals surface area contributed by atoms with Crippen LogP contribution in [0.3, 0.4) is 0 Å². The highest BCUT2D eigenvalue weighted by atomic mass is 32.2. The summed E-state index contributed by atoms with van der Waals surface area (Å²) in [4.78, 5) is 13.6. The Morgan fingerprint density at radius 3 is 2.64 bits per heavy atom. The molecule has 0 heterocycles. The van der Waals surface area contributed by atoms with Crippen LogP contribution in [0.4, 0.5) is 0 Å². The fourth-order valence-corrected chi connectivity index (χ4v) is 3.40. The zero-order chi connectivity index (χ0) is 21.4. The van der Waals surface area contributed by atoms with E-state index in [1.54, 1.807) is 11.0 Å². The Kier molecular flexibility index (Phi) is 9.46. The molecular weight excluding hydrogens is 380 g/mol. The molecule has 2 atom stereocenters. The summed E-state index contributed by atoms with van der Waals surface area (Å²) in [7, 11) is -0.402. The second-order valence-corrected chi connectivity index (χ2v) is 9.14. The second kappa shape index (κ2) is 10.8. The molecule has 1 fully saturated rings. The summed E-state index contributed by atoms with van der Waals surface area (Å²) in [6.07, 6.45) is 7.49. The van der Waals surface area contributed by atoms with E-state index in [-0.39, 0.29) is 24.0 Å². The van der Waals surface area contributed by atoms with Crippen molar-refractivity contribution in [2.24, 2.45) is 11.1 Å². The smallest absolute Gasteiger partial charge is 0.298 e. The topological polar surface area (TPSA) is 114 Å². The quantitative estimate of drug-likeness (QED) is 0.312. The standard InChI is InChI=1S/C19H36N4O4S/c1-6-9-18(24)23(5)11-8-10-19(3)12-17(19)27-16(7-2)15(13-20)14-22-28(25,26)21-4/h7,14,17,21-22H,6,8-13,20H2,1-5H3/b15-14+,16-7+/t17-,19?/m1/s1. The Morgan fingerprint density at radius 1 is 1.43 bits per heavy atom. The van der Waals surface area contributed by atoms with Crippen molar-refractivity contribution in [2.45, 2.75) is 59.0 Å². The molecule has 0 aliphatic heterocycles. The van der Waals surface area contributed by atoms with Gasteiger partial charge in [0.1, 0.15) is 11.9 Å². The van der Waals surface area contributed by atoms with Gasteiger partial charge in [-0.3, -0.25) is 9.52 Å². The molecule has 1 rings (SSSR count). The Labute approximate surface area is 169 Å². The molecule has 0 aromatic rings. The Bertz CT molecular complexity index is 690. The highest BCUT2D eigenvalue weighted by Gasteiger charge is 2.52. The third-order valence-electron chi connectivity index (χ3n) is 5.12. The summed E-state index contributed by atoms with van der Waals surface area (Å²) in [5.41, 5.74) is 6.41. The number of amides is 1. The van der Waals surface area contributed by atoms with E-state index >= 15 is 0 Å². The lowest BCUT2D eigenvalue weighted by Crippen LogP contribution is -2.31. The number of hydrogen-bond acceptors (Lipinski definition) is 5. The van der Waals surface area contributed by atoms with Crippen molar-refractivity contribution in [2.75, 3.05) is 27.2 Å². The molecule has 8 nitrogen and oxygen atoms in total. The fraction of sp³-hybridized carbons (Fsp3) is 0.737. The van der Waals surface area contributed by atoms with Crippen LogP contribution < -0.4 is 15.2 Å². The zero-order valence-corrected chi connectivity index (χ0v) is 18.6. The zero-order valence-electron chi connectivity index (χ0n) is 17.7. The average molecular weight is 417 g/mol. The summed E-state index contributed by atoms with van der Waals surface area (Å²) in [5, 5.41) is 0. The van der Waals surface area contributed by atoms with Crippen molar-refractivity contribution in [1.29, 1.82) is 0 Å². The van der Waals surface area contributed by atoms with E-state index in [0.717, 1.165) is 32.2 Å². The molecule has 0 aromatic carbocycles. The van der Waals surface area contributed by atoms with E-state index in [1.807, 2.05) is 20.9 Å². The largest absolute Gasteiger partial charge is 0.490 e. The van der Waals surface area contributed by atoms with Crippen molar-refractivity contribution in [1.82, 2.24) is 14.3 Å². The molecule has 9 heteroatoms. The Balaban J connectivity index is 2.56. The molecule has 0 aromatic heterocycles. The number of ether oxygens (including phenoxy) is 1. The van der Waals surface area contributed by atoms with Crippen LogP contribution in [0.25, 0.3) is 0 Å². The van der Waals surface area contributed by atoms with Crippen LogP contribution in [-0.2, 0) is 19.7 Å². The highest BCUT2D eigenvalue weighted by molar-refractivity contribution is 7.87. The van der Waals surface area contributed by atoms with Crippen LogP contribution in [0.2, 0.25) is 0 Å². The normalized spacial score (nSPS) is 22.7. The maximum atomic E-state index is 11.8. The van der Waals surface area contributed by atoms with Crippen LogP contribution in [0.1, 0.15) is 52.9 Å². The van der Waals surface area contributed by atoms with Gasteiger partial charge < -0.3 is 15.4 Å². The first-order chi connectivity index (χ1) is 13.1. The summed E-state index contributed by atoms with van der Waals surface area (Å²) in [6, 6.07) is 0. The molecule has 1 aliphatic carbocycles. The van der Waals surface area contributed by atoms with Crippen LogP contribution in [0.5, 0.6) is 0 Å². The predicted octanol–water partition coefficient (Wildman–Crippen LogP) is 1.62. The first kappa shape index (κ1) is 24.5. The molecule has 0 saturated heterocycles. The van der Waals surface area contributed by atoms with Crippen LogP contribution in [-0.4, -0.2) is 52.5 Å². The van der Waals surface area contributed by atoms with Gasteiger partial charge in [0.05, 0.1) is 0 Å². The molecule has 0 radical (unpaired) electrons. The molecule has 0 bridgehead atoms. The molecule has 1 amide bonds. The molecule has 0 spiro atoms. The van der Waals surface area contributed by atoms with Gasteiger partial charge in [0.25, 0.3) is 10.2 Å². The van der Waals surface area contributed by atoms with E-state index in [9.17, 15) is 13.2 Å². The summed E-state index contributed by atoms with van der Waals surface area (Å²) >= 11 is 0. The number of nitrogens with one attached hydrogen (secondary N) is 2. The molecule has 1 unspecified atom stereocenters. The van der Waals surface area contributed by atoms with Crippen molar-refractivity contribution in [3.05, 3.63) is 23.6 Å². The molecule has 4 N–H and O–H groups in total. The van der Waals surface area contributed by atoms with Crippen LogP contribution >= 0.6 is 0 Å².